The molecule has 2 rings (SSSR count). The maximum absolute atomic E-state index is 7.28. The molecule has 16 heavy (non-hydrogen) atoms. The van der Waals surface area contributed by atoms with E-state index in [1.165, 1.54) is 17.1 Å². The number of aromatic nitrogens is 2. The van der Waals surface area contributed by atoms with Gasteiger partial charge in [-0.15, -0.1) is 0 Å². The second-order valence-corrected chi connectivity index (χ2v) is 5.11. The number of nitrogens with one attached hydrogen (secondary N) is 1. The van der Waals surface area contributed by atoms with Crippen molar-refractivity contribution >= 4 is 29.1 Å². The Kier molecular flexibility index (Phi) is 3.53. The van der Waals surface area contributed by atoms with Gasteiger partial charge in [0.05, 0.1) is 0 Å². The Labute approximate surface area is 102 Å². The predicted octanol–water partition coefficient (Wildman–Crippen LogP) is 2.11. The lowest BCUT2D eigenvalue weighted by molar-refractivity contribution is 1.21. The summed E-state index contributed by atoms with van der Waals surface area (Å²) in [6.45, 7) is 0. The molecule has 1 aromatic heterocycles. The minimum atomic E-state index is 0.100. The van der Waals surface area contributed by atoms with Crippen LogP contribution in [0.5, 0.6) is 0 Å². The van der Waals surface area contributed by atoms with E-state index in [9.17, 15) is 0 Å². The van der Waals surface area contributed by atoms with E-state index in [2.05, 4.69) is 9.36 Å². The van der Waals surface area contributed by atoms with Crippen molar-refractivity contribution in [1.82, 2.24) is 9.36 Å². The van der Waals surface area contributed by atoms with Crippen LogP contribution < -0.4 is 5.73 Å². The lowest BCUT2D eigenvalue weighted by Crippen LogP contribution is -2.10. The van der Waals surface area contributed by atoms with Crippen molar-refractivity contribution in [1.29, 1.82) is 5.41 Å². The molecule has 6 heteroatoms. The van der Waals surface area contributed by atoms with E-state index in [4.69, 9.17) is 11.1 Å². The topological polar surface area (TPSA) is 75.7 Å². The summed E-state index contributed by atoms with van der Waals surface area (Å²) in [6.07, 6.45) is 1.56. The van der Waals surface area contributed by atoms with E-state index in [1.54, 1.807) is 18.1 Å². The highest BCUT2D eigenvalue weighted by atomic mass is 32.2. The van der Waals surface area contributed by atoms with Gasteiger partial charge in [-0.1, -0.05) is 36.0 Å². The van der Waals surface area contributed by atoms with E-state index in [-0.39, 0.29) is 5.84 Å². The van der Waals surface area contributed by atoms with Gasteiger partial charge in [-0.05, 0) is 17.1 Å². The maximum Gasteiger partial charge on any atom is 0.170 e. The number of rotatable bonds is 4. The van der Waals surface area contributed by atoms with Crippen molar-refractivity contribution in [3.8, 4) is 0 Å². The number of nitrogens with zero attached hydrogens (tertiary/aromatic N) is 2. The lowest BCUT2D eigenvalue weighted by atomic mass is 10.1. The first-order valence-corrected chi connectivity index (χ1v) is 6.34. The highest BCUT2D eigenvalue weighted by Gasteiger charge is 2.00. The Morgan fingerprint density at radius 2 is 2.12 bits per heavy atom. The standard InChI is InChI=1S/C10H10N4S2/c11-9(12)8-3-1-7(2-4-8)5-15-10-13-6-14-16-10/h1-4,6H,5H2,(H3,11,12). The Hall–Kier alpha value is -1.40. The fourth-order valence-electron chi connectivity index (χ4n) is 1.15. The number of thioether (sulfide) groups is 1. The number of hydrogen-bond donors (Lipinski definition) is 2. The molecule has 0 saturated heterocycles. The van der Waals surface area contributed by atoms with Gasteiger partial charge in [0.15, 0.2) is 4.34 Å². The van der Waals surface area contributed by atoms with Gasteiger partial charge in [0.25, 0.3) is 0 Å². The first-order valence-electron chi connectivity index (χ1n) is 4.58. The SMILES string of the molecule is N=C(N)c1ccc(CSc2ncns2)cc1. The Bertz CT molecular complexity index is 464. The van der Waals surface area contributed by atoms with Crippen molar-refractivity contribution in [3.63, 3.8) is 0 Å². The van der Waals surface area contributed by atoms with Crippen molar-refractivity contribution in [2.45, 2.75) is 10.1 Å². The highest BCUT2D eigenvalue weighted by Crippen LogP contribution is 2.23. The molecule has 0 spiro atoms. The van der Waals surface area contributed by atoms with Crippen LogP contribution in [-0.2, 0) is 5.75 Å². The summed E-state index contributed by atoms with van der Waals surface area (Å²) in [4.78, 5) is 4.09. The first kappa shape index (κ1) is 11.1. The monoisotopic (exact) mass is 250 g/mol. The van der Waals surface area contributed by atoms with Crippen LogP contribution >= 0.6 is 23.3 Å². The maximum atomic E-state index is 7.28. The average molecular weight is 250 g/mol. The second-order valence-electron chi connectivity index (χ2n) is 3.11. The zero-order valence-corrected chi connectivity index (χ0v) is 10.0. The van der Waals surface area contributed by atoms with Crippen LogP contribution in [0.1, 0.15) is 11.1 Å². The molecule has 1 heterocycles. The van der Waals surface area contributed by atoms with Gasteiger partial charge in [-0.3, -0.25) is 5.41 Å². The molecule has 82 valence electrons. The molecule has 0 saturated carbocycles. The van der Waals surface area contributed by atoms with Crippen molar-refractivity contribution in [2.75, 3.05) is 0 Å². The van der Waals surface area contributed by atoms with Crippen molar-refractivity contribution in [2.24, 2.45) is 5.73 Å². The number of nitrogen functional groups attached to an aromatic ring is 1. The van der Waals surface area contributed by atoms with Crippen LogP contribution in [0.3, 0.4) is 0 Å². The predicted molar refractivity (Wildman–Crippen MR) is 66.9 cm³/mol. The molecule has 0 amide bonds. The third kappa shape index (κ3) is 2.80. The average Bonchev–Trinajstić information content (AvgIpc) is 2.80. The second kappa shape index (κ2) is 5.09. The van der Waals surface area contributed by atoms with E-state index in [0.717, 1.165) is 15.7 Å². The molecule has 4 nitrogen and oxygen atoms in total. The van der Waals surface area contributed by atoms with Crippen LogP contribution in [0.25, 0.3) is 0 Å². The highest BCUT2D eigenvalue weighted by molar-refractivity contribution is 8.00. The van der Waals surface area contributed by atoms with Gasteiger partial charge in [0.2, 0.25) is 0 Å². The largest absolute Gasteiger partial charge is 0.384 e. The molecule has 0 atom stereocenters. The van der Waals surface area contributed by atoms with E-state index in [0.29, 0.717) is 0 Å². The van der Waals surface area contributed by atoms with Crippen LogP contribution in [0.2, 0.25) is 0 Å². The summed E-state index contributed by atoms with van der Waals surface area (Å²) < 4.78 is 4.91. The minimum Gasteiger partial charge on any atom is -0.384 e. The molecule has 3 N–H and O–H groups in total. The quantitative estimate of drug-likeness (QED) is 0.495. The van der Waals surface area contributed by atoms with Gasteiger partial charge < -0.3 is 5.73 Å². The molecule has 0 radical (unpaired) electrons. The molecule has 0 aliphatic heterocycles. The summed E-state index contributed by atoms with van der Waals surface area (Å²) in [7, 11) is 0. The van der Waals surface area contributed by atoms with Crippen LogP contribution in [-0.4, -0.2) is 15.2 Å². The number of nitrogens with two attached hydrogens (primary N) is 1. The normalized spacial score (nSPS) is 10.2. The summed E-state index contributed by atoms with van der Waals surface area (Å²) in [5, 5.41) is 7.28. The molecular weight excluding hydrogens is 240 g/mol. The molecule has 0 aliphatic carbocycles. The first-order chi connectivity index (χ1) is 7.75. The summed E-state index contributed by atoms with van der Waals surface area (Å²) in [5.41, 5.74) is 7.32. The summed E-state index contributed by atoms with van der Waals surface area (Å²) in [6, 6.07) is 7.67. The van der Waals surface area contributed by atoms with Gasteiger partial charge in [0.1, 0.15) is 12.2 Å². The fraction of sp³-hybridized carbons (Fsp3) is 0.100. The van der Waals surface area contributed by atoms with Crippen LogP contribution in [0.4, 0.5) is 0 Å². The van der Waals surface area contributed by atoms with E-state index in [1.807, 2.05) is 24.3 Å². The van der Waals surface area contributed by atoms with Crippen LogP contribution in [0.15, 0.2) is 34.9 Å². The third-order valence-electron chi connectivity index (χ3n) is 1.97. The number of hydrogen-bond acceptors (Lipinski definition) is 5. The van der Waals surface area contributed by atoms with E-state index >= 15 is 0 Å². The molecule has 0 aliphatic rings. The number of benzene rings is 1. The molecule has 1 aromatic carbocycles. The Morgan fingerprint density at radius 3 is 2.69 bits per heavy atom. The zero-order chi connectivity index (χ0) is 11.4. The Balaban J connectivity index is 1.98. The van der Waals surface area contributed by atoms with Crippen molar-refractivity contribution in [3.05, 3.63) is 41.7 Å². The zero-order valence-electron chi connectivity index (χ0n) is 8.38. The minimum absolute atomic E-state index is 0.100. The fourth-order valence-corrected chi connectivity index (χ4v) is 2.55. The van der Waals surface area contributed by atoms with Gasteiger partial charge in [-0.2, -0.15) is 4.37 Å². The lowest BCUT2D eigenvalue weighted by Gasteiger charge is -2.01. The smallest absolute Gasteiger partial charge is 0.170 e. The summed E-state index contributed by atoms with van der Waals surface area (Å²) in [5.74, 6) is 0.955. The van der Waals surface area contributed by atoms with Gasteiger partial charge >= 0.3 is 0 Å². The molecule has 0 unspecified atom stereocenters. The molecule has 0 fully saturated rings. The summed E-state index contributed by atoms with van der Waals surface area (Å²) >= 11 is 3.05. The third-order valence-corrected chi connectivity index (χ3v) is 3.84. The van der Waals surface area contributed by atoms with Gasteiger partial charge in [-0.25, -0.2) is 4.98 Å². The molecule has 0 bridgehead atoms. The molecular formula is C10H10N4S2. The Morgan fingerprint density at radius 1 is 1.38 bits per heavy atom. The number of amidine groups is 1. The van der Waals surface area contributed by atoms with Crippen molar-refractivity contribution < 1.29 is 0 Å². The van der Waals surface area contributed by atoms with Gasteiger partial charge in [0, 0.05) is 11.3 Å². The van der Waals surface area contributed by atoms with Crippen LogP contribution in [0, 0.1) is 5.41 Å². The van der Waals surface area contributed by atoms with E-state index < -0.39 is 0 Å². The molecule has 2 aromatic rings.